The van der Waals surface area contributed by atoms with Gasteiger partial charge in [-0.1, -0.05) is 44.5 Å². The summed E-state index contributed by atoms with van der Waals surface area (Å²) in [5.41, 5.74) is 2.45. The van der Waals surface area contributed by atoms with Crippen molar-refractivity contribution >= 4 is 23.7 Å². The molecule has 0 bridgehead atoms. The SMILES string of the molecule is CCCCc1nc(NC(C)=O)c(C(C(=O)O)c2ccc(OCc3ccc(CC)cc3C(=O)O)cc2)[nH]1. The molecule has 1 aromatic heterocycles. The lowest BCUT2D eigenvalue weighted by molar-refractivity contribution is -0.137. The monoisotopic (exact) mass is 493 g/mol. The van der Waals surface area contributed by atoms with Gasteiger partial charge in [0.2, 0.25) is 5.91 Å². The minimum absolute atomic E-state index is 0.0569. The molecule has 1 atom stereocenters. The van der Waals surface area contributed by atoms with Crippen molar-refractivity contribution in [2.24, 2.45) is 0 Å². The number of carboxylic acids is 2. The number of benzene rings is 2. The number of hydrogen-bond acceptors (Lipinski definition) is 5. The maximum Gasteiger partial charge on any atom is 0.336 e. The number of aromatic amines is 1. The molecule has 0 spiro atoms. The number of amides is 1. The van der Waals surface area contributed by atoms with Crippen molar-refractivity contribution in [3.63, 3.8) is 0 Å². The molecule has 4 N–H and O–H groups in total. The van der Waals surface area contributed by atoms with Gasteiger partial charge in [-0.2, -0.15) is 0 Å². The van der Waals surface area contributed by atoms with Crippen LogP contribution in [0.3, 0.4) is 0 Å². The Balaban J connectivity index is 1.83. The third-order valence-electron chi connectivity index (χ3n) is 5.80. The van der Waals surface area contributed by atoms with E-state index in [1.807, 2.05) is 19.9 Å². The molecule has 0 radical (unpaired) electrons. The number of carbonyl (C=O) groups excluding carboxylic acids is 1. The van der Waals surface area contributed by atoms with Gasteiger partial charge < -0.3 is 25.3 Å². The number of H-pyrrole nitrogens is 1. The van der Waals surface area contributed by atoms with Gasteiger partial charge in [-0.15, -0.1) is 0 Å². The molecule has 0 aliphatic heterocycles. The molecule has 190 valence electrons. The highest BCUT2D eigenvalue weighted by Gasteiger charge is 2.28. The highest BCUT2D eigenvalue weighted by atomic mass is 16.5. The number of nitrogens with zero attached hydrogens (tertiary/aromatic N) is 1. The van der Waals surface area contributed by atoms with E-state index in [0.717, 1.165) is 24.8 Å². The first kappa shape index (κ1) is 26.5. The fourth-order valence-electron chi connectivity index (χ4n) is 3.89. The zero-order valence-electron chi connectivity index (χ0n) is 20.6. The van der Waals surface area contributed by atoms with Gasteiger partial charge >= 0.3 is 11.9 Å². The Morgan fingerprint density at radius 3 is 2.39 bits per heavy atom. The highest BCUT2D eigenvalue weighted by Crippen LogP contribution is 2.31. The molecule has 0 saturated carbocycles. The summed E-state index contributed by atoms with van der Waals surface area (Å²) in [7, 11) is 0. The summed E-state index contributed by atoms with van der Waals surface area (Å²) in [5, 5.41) is 22.2. The number of hydrogen-bond donors (Lipinski definition) is 4. The molecule has 3 aromatic rings. The summed E-state index contributed by atoms with van der Waals surface area (Å²) in [4.78, 5) is 43.1. The molecular formula is C27H31N3O6. The van der Waals surface area contributed by atoms with Crippen LogP contribution in [0.1, 0.15) is 78.1 Å². The minimum atomic E-state index is -1.09. The molecule has 1 unspecified atom stereocenters. The molecule has 0 aliphatic rings. The van der Waals surface area contributed by atoms with Gasteiger partial charge in [-0.25, -0.2) is 9.78 Å². The van der Waals surface area contributed by atoms with E-state index in [4.69, 9.17) is 4.74 Å². The summed E-state index contributed by atoms with van der Waals surface area (Å²) in [5.74, 6) is -2.24. The molecule has 3 rings (SSSR count). The second kappa shape index (κ2) is 12.0. The van der Waals surface area contributed by atoms with Gasteiger partial charge in [0.15, 0.2) is 5.82 Å². The van der Waals surface area contributed by atoms with Gasteiger partial charge in [0.25, 0.3) is 0 Å². The average molecular weight is 494 g/mol. The quantitative estimate of drug-likeness (QED) is 0.285. The number of unbranched alkanes of at least 4 members (excludes halogenated alkanes) is 1. The first-order valence-electron chi connectivity index (χ1n) is 11.9. The number of rotatable bonds is 12. The number of aromatic carboxylic acids is 1. The van der Waals surface area contributed by atoms with Crippen molar-refractivity contribution in [1.29, 1.82) is 0 Å². The van der Waals surface area contributed by atoms with Crippen LogP contribution in [-0.2, 0) is 29.0 Å². The number of nitrogens with one attached hydrogen (secondary N) is 2. The molecular weight excluding hydrogens is 462 g/mol. The van der Waals surface area contributed by atoms with E-state index < -0.39 is 17.9 Å². The molecule has 9 heteroatoms. The fourth-order valence-corrected chi connectivity index (χ4v) is 3.89. The van der Waals surface area contributed by atoms with E-state index in [2.05, 4.69) is 15.3 Å². The second-order valence-electron chi connectivity index (χ2n) is 8.51. The topological polar surface area (TPSA) is 142 Å². The zero-order chi connectivity index (χ0) is 26.2. The number of carbonyl (C=O) groups is 3. The van der Waals surface area contributed by atoms with E-state index in [1.165, 1.54) is 6.92 Å². The lowest BCUT2D eigenvalue weighted by atomic mass is 9.95. The van der Waals surface area contributed by atoms with Crippen LogP contribution in [0.15, 0.2) is 42.5 Å². The van der Waals surface area contributed by atoms with Gasteiger partial charge in [0, 0.05) is 18.9 Å². The zero-order valence-corrected chi connectivity index (χ0v) is 20.6. The Kier molecular flexibility index (Phi) is 8.83. The van der Waals surface area contributed by atoms with E-state index in [1.54, 1.807) is 36.4 Å². The summed E-state index contributed by atoms with van der Waals surface area (Å²) >= 11 is 0. The maximum atomic E-state index is 12.3. The Labute approximate surface area is 209 Å². The standard InChI is InChI=1S/C27H31N3O6/c1-4-6-7-22-29-24(25(30-22)28-16(3)31)23(27(34)35)18-10-12-20(13-11-18)36-15-19-9-8-17(5-2)14-21(19)26(32)33/h8-14,23H,4-7,15H2,1-3H3,(H,28,31)(H,29,30)(H,32,33)(H,34,35). The van der Waals surface area contributed by atoms with Crippen molar-refractivity contribution in [1.82, 2.24) is 9.97 Å². The molecule has 1 heterocycles. The molecule has 0 aliphatic carbocycles. The highest BCUT2D eigenvalue weighted by molar-refractivity contribution is 5.91. The molecule has 2 aromatic carbocycles. The maximum absolute atomic E-state index is 12.3. The predicted octanol–water partition coefficient (Wildman–Crippen LogP) is 4.77. The van der Waals surface area contributed by atoms with Gasteiger partial charge in [0.05, 0.1) is 11.3 Å². The molecule has 0 fully saturated rings. The van der Waals surface area contributed by atoms with Crippen molar-refractivity contribution in [2.75, 3.05) is 5.32 Å². The third kappa shape index (κ3) is 6.50. The molecule has 36 heavy (non-hydrogen) atoms. The summed E-state index contributed by atoms with van der Waals surface area (Å²) in [6.45, 7) is 5.40. The predicted molar refractivity (Wildman–Crippen MR) is 135 cm³/mol. The Bertz CT molecular complexity index is 1230. The number of aromatic nitrogens is 2. The van der Waals surface area contributed by atoms with E-state index in [0.29, 0.717) is 34.8 Å². The molecule has 1 amide bonds. The number of aryl methyl sites for hydroxylation is 2. The van der Waals surface area contributed by atoms with Crippen molar-refractivity contribution in [3.05, 3.63) is 76.2 Å². The van der Waals surface area contributed by atoms with Crippen LogP contribution in [-0.4, -0.2) is 38.0 Å². The Morgan fingerprint density at radius 2 is 1.81 bits per heavy atom. The molecule has 0 saturated heterocycles. The minimum Gasteiger partial charge on any atom is -0.489 e. The number of aliphatic carboxylic acids is 1. The summed E-state index contributed by atoms with van der Waals surface area (Å²) < 4.78 is 5.79. The summed E-state index contributed by atoms with van der Waals surface area (Å²) in [6, 6.07) is 11.8. The van der Waals surface area contributed by atoms with Crippen LogP contribution in [0, 0.1) is 0 Å². The fraction of sp³-hybridized carbons (Fsp3) is 0.333. The van der Waals surface area contributed by atoms with E-state index in [9.17, 15) is 24.6 Å². The van der Waals surface area contributed by atoms with Crippen LogP contribution in [0.5, 0.6) is 5.75 Å². The van der Waals surface area contributed by atoms with Crippen LogP contribution in [0.4, 0.5) is 5.82 Å². The van der Waals surface area contributed by atoms with Crippen molar-refractivity contribution in [2.45, 2.75) is 59.0 Å². The van der Waals surface area contributed by atoms with Crippen molar-refractivity contribution < 1.29 is 29.3 Å². The normalized spacial score (nSPS) is 11.6. The summed E-state index contributed by atoms with van der Waals surface area (Å²) in [6.07, 6.45) is 3.19. The van der Waals surface area contributed by atoms with Crippen molar-refractivity contribution in [3.8, 4) is 5.75 Å². The Hall–Kier alpha value is -4.14. The largest absolute Gasteiger partial charge is 0.489 e. The Morgan fingerprint density at radius 1 is 1.08 bits per heavy atom. The first-order valence-corrected chi connectivity index (χ1v) is 11.9. The smallest absolute Gasteiger partial charge is 0.336 e. The number of carboxylic acid groups (broad SMARTS) is 2. The second-order valence-corrected chi connectivity index (χ2v) is 8.51. The molecule has 9 nitrogen and oxygen atoms in total. The van der Waals surface area contributed by atoms with Crippen LogP contribution in [0.25, 0.3) is 0 Å². The van der Waals surface area contributed by atoms with E-state index >= 15 is 0 Å². The number of imidazole rings is 1. The lowest BCUT2D eigenvalue weighted by Gasteiger charge is -2.15. The van der Waals surface area contributed by atoms with Gasteiger partial charge in [-0.05, 0) is 42.2 Å². The van der Waals surface area contributed by atoms with Crippen LogP contribution >= 0.6 is 0 Å². The third-order valence-corrected chi connectivity index (χ3v) is 5.80. The van der Waals surface area contributed by atoms with E-state index in [-0.39, 0.29) is 23.9 Å². The average Bonchev–Trinajstić information content (AvgIpc) is 3.23. The van der Waals surface area contributed by atoms with Gasteiger partial charge in [-0.3, -0.25) is 9.59 Å². The van der Waals surface area contributed by atoms with Crippen LogP contribution < -0.4 is 10.1 Å². The number of ether oxygens (including phenoxy) is 1. The number of anilines is 1. The van der Waals surface area contributed by atoms with Gasteiger partial charge in [0.1, 0.15) is 24.1 Å². The first-order chi connectivity index (χ1) is 17.2. The van der Waals surface area contributed by atoms with Crippen LogP contribution in [0.2, 0.25) is 0 Å². The lowest BCUT2D eigenvalue weighted by Crippen LogP contribution is -2.17.